The van der Waals surface area contributed by atoms with Gasteiger partial charge in [0.2, 0.25) is 0 Å². The third kappa shape index (κ3) is 4.25. The lowest BCUT2D eigenvalue weighted by molar-refractivity contribution is -0.175. The number of rotatable bonds is 1. The smallest absolute Gasteiger partial charge is 0.343 e. The summed E-state index contributed by atoms with van der Waals surface area (Å²) in [6.07, 6.45) is -3.74. The van der Waals surface area contributed by atoms with E-state index in [1.807, 2.05) is 5.32 Å². The minimum atomic E-state index is -4.78. The minimum Gasteiger partial charge on any atom is -0.343 e. The fraction of sp³-hybridized carbons (Fsp3) is 0.875. The molecule has 7 heteroatoms. The Morgan fingerprint density at radius 3 is 2.20 bits per heavy atom. The molecule has 0 bridgehead atoms. The van der Waals surface area contributed by atoms with Gasteiger partial charge in [-0.1, -0.05) is 0 Å². The maximum Gasteiger partial charge on any atom is 0.471 e. The first-order valence-corrected chi connectivity index (χ1v) is 4.44. The summed E-state index contributed by atoms with van der Waals surface area (Å²) >= 11 is 0. The number of amides is 1. The normalized spacial score (nSPS) is 20.3. The quantitative estimate of drug-likeness (QED) is 0.731. The number of alkyl halides is 3. The van der Waals surface area contributed by atoms with E-state index >= 15 is 0 Å². The summed E-state index contributed by atoms with van der Waals surface area (Å²) < 4.78 is 35.8. The van der Waals surface area contributed by atoms with Gasteiger partial charge in [-0.15, -0.1) is 12.4 Å². The zero-order valence-electron chi connectivity index (χ0n) is 8.28. The van der Waals surface area contributed by atoms with Crippen LogP contribution in [0.1, 0.15) is 19.8 Å². The van der Waals surface area contributed by atoms with E-state index in [1.54, 1.807) is 6.92 Å². The molecule has 0 saturated carbocycles. The van der Waals surface area contributed by atoms with Crippen molar-refractivity contribution < 1.29 is 18.0 Å². The first-order valence-electron chi connectivity index (χ1n) is 4.44. The lowest BCUT2D eigenvalue weighted by Crippen LogP contribution is -2.55. The zero-order valence-corrected chi connectivity index (χ0v) is 9.10. The Morgan fingerprint density at radius 1 is 1.33 bits per heavy atom. The topological polar surface area (TPSA) is 41.1 Å². The van der Waals surface area contributed by atoms with Crippen molar-refractivity contribution in [1.29, 1.82) is 0 Å². The molecule has 1 saturated heterocycles. The third-order valence-corrected chi connectivity index (χ3v) is 2.38. The number of halogens is 4. The summed E-state index contributed by atoms with van der Waals surface area (Å²) in [7, 11) is 0. The van der Waals surface area contributed by atoms with E-state index in [9.17, 15) is 18.0 Å². The van der Waals surface area contributed by atoms with Gasteiger partial charge in [-0.3, -0.25) is 4.79 Å². The fourth-order valence-corrected chi connectivity index (χ4v) is 1.45. The molecule has 1 aliphatic rings. The van der Waals surface area contributed by atoms with Gasteiger partial charge in [0.1, 0.15) is 0 Å². The van der Waals surface area contributed by atoms with Crippen molar-refractivity contribution in [3.8, 4) is 0 Å². The Morgan fingerprint density at radius 2 is 1.80 bits per heavy atom. The molecule has 2 N–H and O–H groups in total. The second-order valence-electron chi connectivity index (χ2n) is 3.76. The average Bonchev–Trinajstić information content (AvgIpc) is 2.02. The maximum atomic E-state index is 11.9. The summed E-state index contributed by atoms with van der Waals surface area (Å²) in [6, 6.07) is 0. The van der Waals surface area contributed by atoms with Crippen LogP contribution in [0.4, 0.5) is 13.2 Å². The highest BCUT2D eigenvalue weighted by Gasteiger charge is 2.42. The van der Waals surface area contributed by atoms with Crippen LogP contribution in [0.2, 0.25) is 0 Å². The predicted octanol–water partition coefficient (Wildman–Crippen LogP) is 1.23. The number of carbonyl (C=O) groups is 1. The van der Waals surface area contributed by atoms with Crippen molar-refractivity contribution >= 4 is 18.3 Å². The number of nitrogens with one attached hydrogen (secondary N) is 2. The van der Waals surface area contributed by atoms with Crippen LogP contribution in [-0.4, -0.2) is 30.7 Å². The molecule has 0 aromatic rings. The molecular weight excluding hydrogens is 233 g/mol. The van der Waals surface area contributed by atoms with Gasteiger partial charge in [0, 0.05) is 5.54 Å². The Balaban J connectivity index is 0.00000196. The van der Waals surface area contributed by atoms with Crippen molar-refractivity contribution in [1.82, 2.24) is 10.6 Å². The summed E-state index contributed by atoms with van der Waals surface area (Å²) in [4.78, 5) is 10.7. The molecule has 1 heterocycles. The molecule has 0 aromatic carbocycles. The Bertz CT molecular complexity index is 226. The number of carbonyl (C=O) groups excluding carboxylic acids is 1. The van der Waals surface area contributed by atoms with Crippen molar-refractivity contribution in [2.75, 3.05) is 13.1 Å². The molecule has 3 nitrogen and oxygen atoms in total. The van der Waals surface area contributed by atoms with Crippen LogP contribution in [0, 0.1) is 0 Å². The van der Waals surface area contributed by atoms with Gasteiger partial charge < -0.3 is 10.6 Å². The lowest BCUT2D eigenvalue weighted by atomic mass is 9.90. The van der Waals surface area contributed by atoms with E-state index in [-0.39, 0.29) is 12.4 Å². The van der Waals surface area contributed by atoms with E-state index in [4.69, 9.17) is 0 Å². The molecule has 0 aliphatic carbocycles. The van der Waals surface area contributed by atoms with Gasteiger partial charge in [0.15, 0.2) is 0 Å². The van der Waals surface area contributed by atoms with Gasteiger partial charge >= 0.3 is 12.1 Å². The molecule has 15 heavy (non-hydrogen) atoms. The molecule has 0 unspecified atom stereocenters. The minimum absolute atomic E-state index is 0. The van der Waals surface area contributed by atoms with Gasteiger partial charge in [-0.05, 0) is 32.9 Å². The van der Waals surface area contributed by atoms with Gasteiger partial charge in [-0.25, -0.2) is 0 Å². The molecular formula is C8H14ClF3N2O. The summed E-state index contributed by atoms with van der Waals surface area (Å²) in [5.74, 6) is -1.85. The van der Waals surface area contributed by atoms with Crippen molar-refractivity contribution in [3.05, 3.63) is 0 Å². The first-order chi connectivity index (χ1) is 6.33. The molecule has 0 atom stereocenters. The van der Waals surface area contributed by atoms with E-state index < -0.39 is 17.6 Å². The van der Waals surface area contributed by atoms with Crippen molar-refractivity contribution in [2.24, 2.45) is 0 Å². The van der Waals surface area contributed by atoms with Crippen LogP contribution in [0.5, 0.6) is 0 Å². The standard InChI is InChI=1S/C8H13F3N2O.ClH/c1-7(2-4-12-5-3-7)13-6(14)8(9,10)11;/h12H,2-5H2,1H3,(H,13,14);1H. The van der Waals surface area contributed by atoms with Crippen LogP contribution in [0.15, 0.2) is 0 Å². The van der Waals surface area contributed by atoms with Crippen molar-refractivity contribution in [3.63, 3.8) is 0 Å². The largest absolute Gasteiger partial charge is 0.471 e. The molecule has 0 aromatic heterocycles. The summed E-state index contributed by atoms with van der Waals surface area (Å²) in [5, 5.41) is 5.05. The Labute approximate surface area is 92.2 Å². The number of hydrogen-bond donors (Lipinski definition) is 2. The van der Waals surface area contributed by atoms with Gasteiger partial charge in [0.05, 0.1) is 0 Å². The number of piperidine rings is 1. The molecule has 1 amide bonds. The van der Waals surface area contributed by atoms with Gasteiger partial charge in [0.25, 0.3) is 0 Å². The maximum absolute atomic E-state index is 11.9. The summed E-state index contributed by atoms with van der Waals surface area (Å²) in [6.45, 7) is 2.90. The van der Waals surface area contributed by atoms with Crippen LogP contribution < -0.4 is 10.6 Å². The van der Waals surface area contributed by atoms with Crippen LogP contribution >= 0.6 is 12.4 Å². The van der Waals surface area contributed by atoms with E-state index in [0.717, 1.165) is 0 Å². The van der Waals surface area contributed by atoms with Gasteiger partial charge in [-0.2, -0.15) is 13.2 Å². The highest BCUT2D eigenvalue weighted by Crippen LogP contribution is 2.21. The predicted molar refractivity (Wildman–Crippen MR) is 52.0 cm³/mol. The molecule has 1 fully saturated rings. The lowest BCUT2D eigenvalue weighted by Gasteiger charge is -2.35. The monoisotopic (exact) mass is 246 g/mol. The molecule has 0 spiro atoms. The second-order valence-corrected chi connectivity index (χ2v) is 3.76. The van der Waals surface area contributed by atoms with E-state index in [1.165, 1.54) is 0 Å². The van der Waals surface area contributed by atoms with Crippen LogP contribution in [-0.2, 0) is 4.79 Å². The summed E-state index contributed by atoms with van der Waals surface area (Å²) in [5.41, 5.74) is -0.724. The molecule has 1 aliphatic heterocycles. The fourth-order valence-electron chi connectivity index (χ4n) is 1.45. The Kier molecular flexibility index (Phi) is 4.86. The molecule has 0 radical (unpaired) electrons. The first kappa shape index (κ1) is 14.5. The number of hydrogen-bond acceptors (Lipinski definition) is 2. The van der Waals surface area contributed by atoms with E-state index in [2.05, 4.69) is 5.32 Å². The highest BCUT2D eigenvalue weighted by atomic mass is 35.5. The zero-order chi connectivity index (χ0) is 10.8. The van der Waals surface area contributed by atoms with Crippen LogP contribution in [0.25, 0.3) is 0 Å². The molecule has 1 rings (SSSR count). The third-order valence-electron chi connectivity index (χ3n) is 2.38. The average molecular weight is 247 g/mol. The molecule has 90 valence electrons. The Hall–Kier alpha value is -0.490. The SMILES string of the molecule is CC1(NC(=O)C(F)(F)F)CCNCC1.Cl. The van der Waals surface area contributed by atoms with E-state index in [0.29, 0.717) is 25.9 Å². The second kappa shape index (κ2) is 5.03. The van der Waals surface area contributed by atoms with Crippen molar-refractivity contribution in [2.45, 2.75) is 31.5 Å². The van der Waals surface area contributed by atoms with Crippen LogP contribution in [0.3, 0.4) is 0 Å². The highest BCUT2D eigenvalue weighted by molar-refractivity contribution is 5.85.